The second kappa shape index (κ2) is 6.66. The Morgan fingerprint density at radius 1 is 1.09 bits per heavy atom. The lowest BCUT2D eigenvalue weighted by molar-refractivity contribution is -0.177. The largest absolute Gasteiger partial charge is 0.416 e. The minimum Gasteiger partial charge on any atom is -0.350 e. The number of morpholine rings is 1. The van der Waals surface area contributed by atoms with Gasteiger partial charge in [0.05, 0.1) is 23.8 Å². The van der Waals surface area contributed by atoms with Crippen molar-refractivity contribution in [1.29, 1.82) is 0 Å². The first-order valence-corrected chi connectivity index (χ1v) is 6.84. The molecule has 1 aliphatic rings. The third-order valence-corrected chi connectivity index (χ3v) is 3.33. The molecule has 0 amide bonds. The van der Waals surface area contributed by atoms with Crippen LogP contribution in [0.2, 0.25) is 0 Å². The van der Waals surface area contributed by atoms with Gasteiger partial charge in [-0.3, -0.25) is 0 Å². The highest BCUT2D eigenvalue weighted by Gasteiger charge is 2.37. The maximum atomic E-state index is 12.8. The highest BCUT2D eigenvalue weighted by molar-refractivity contribution is 5.34. The van der Waals surface area contributed by atoms with Gasteiger partial charge in [0.2, 0.25) is 0 Å². The zero-order valence-electron chi connectivity index (χ0n) is 12.1. The fourth-order valence-electron chi connectivity index (χ4n) is 2.15. The van der Waals surface area contributed by atoms with Gasteiger partial charge in [0, 0.05) is 13.1 Å². The van der Waals surface area contributed by atoms with Crippen molar-refractivity contribution in [2.75, 3.05) is 19.7 Å². The molecular weight excluding hydrogens is 328 g/mol. The van der Waals surface area contributed by atoms with Gasteiger partial charge in [-0.15, -0.1) is 0 Å². The molecule has 0 spiro atoms. The molecule has 1 aliphatic heterocycles. The number of ether oxygens (including phenoxy) is 2. The van der Waals surface area contributed by atoms with Crippen LogP contribution in [0.3, 0.4) is 0 Å². The van der Waals surface area contributed by atoms with Gasteiger partial charge in [-0.05, 0) is 30.7 Å². The molecule has 1 saturated heterocycles. The van der Waals surface area contributed by atoms with Crippen LogP contribution < -0.4 is 5.32 Å². The number of hydrogen-bond donors (Lipinski definition) is 1. The van der Waals surface area contributed by atoms with Crippen LogP contribution in [0.15, 0.2) is 18.2 Å². The predicted molar refractivity (Wildman–Crippen MR) is 68.6 cm³/mol. The number of benzene rings is 1. The summed E-state index contributed by atoms with van der Waals surface area (Å²) in [6, 6.07) is 1.42. The van der Waals surface area contributed by atoms with E-state index in [9.17, 15) is 26.3 Å². The molecule has 23 heavy (non-hydrogen) atoms. The summed E-state index contributed by atoms with van der Waals surface area (Å²) in [7, 11) is 0. The summed E-state index contributed by atoms with van der Waals surface area (Å²) in [6.45, 7) is 2.66. The van der Waals surface area contributed by atoms with Gasteiger partial charge in [0.25, 0.3) is 0 Å². The Kier molecular flexibility index (Phi) is 5.22. The Labute approximate surface area is 128 Å². The summed E-state index contributed by atoms with van der Waals surface area (Å²) in [5, 5.41) is 2.95. The van der Waals surface area contributed by atoms with Crippen molar-refractivity contribution in [2.45, 2.75) is 31.7 Å². The van der Waals surface area contributed by atoms with Gasteiger partial charge in [-0.2, -0.15) is 26.3 Å². The third-order valence-electron chi connectivity index (χ3n) is 3.33. The van der Waals surface area contributed by atoms with Crippen molar-refractivity contribution in [3.8, 4) is 0 Å². The number of hydrogen-bond acceptors (Lipinski definition) is 3. The van der Waals surface area contributed by atoms with Gasteiger partial charge >= 0.3 is 12.4 Å². The van der Waals surface area contributed by atoms with Crippen LogP contribution >= 0.6 is 0 Å². The van der Waals surface area contributed by atoms with E-state index >= 15 is 0 Å². The van der Waals surface area contributed by atoms with Crippen LogP contribution in [-0.2, 0) is 21.8 Å². The van der Waals surface area contributed by atoms with Crippen LogP contribution in [0.1, 0.15) is 29.7 Å². The topological polar surface area (TPSA) is 30.5 Å². The van der Waals surface area contributed by atoms with Crippen molar-refractivity contribution in [2.24, 2.45) is 0 Å². The van der Waals surface area contributed by atoms with Crippen molar-refractivity contribution in [1.82, 2.24) is 5.32 Å². The Balaban J connectivity index is 2.28. The van der Waals surface area contributed by atoms with E-state index in [1.807, 2.05) is 0 Å². The van der Waals surface area contributed by atoms with Crippen molar-refractivity contribution in [3.63, 3.8) is 0 Å². The molecule has 130 valence electrons. The lowest BCUT2D eigenvalue weighted by Crippen LogP contribution is -2.40. The molecule has 2 rings (SSSR count). The molecule has 2 atom stereocenters. The fraction of sp³-hybridized carbons (Fsp3) is 0.571. The average molecular weight is 343 g/mol. The molecule has 1 aromatic carbocycles. The minimum absolute atomic E-state index is 0.0921. The molecular formula is C14H15F6NO2. The molecule has 1 unspecified atom stereocenters. The van der Waals surface area contributed by atoms with E-state index in [4.69, 9.17) is 9.47 Å². The van der Waals surface area contributed by atoms with Crippen LogP contribution in [0.5, 0.6) is 0 Å². The van der Waals surface area contributed by atoms with E-state index in [1.165, 1.54) is 6.92 Å². The van der Waals surface area contributed by atoms with Crippen molar-refractivity contribution >= 4 is 0 Å². The molecule has 1 heterocycles. The minimum atomic E-state index is -4.88. The molecule has 3 nitrogen and oxygen atoms in total. The van der Waals surface area contributed by atoms with Crippen LogP contribution in [0.4, 0.5) is 26.3 Å². The third kappa shape index (κ3) is 4.82. The van der Waals surface area contributed by atoms with E-state index in [1.54, 1.807) is 0 Å². The second-order valence-electron chi connectivity index (χ2n) is 5.12. The molecule has 1 aromatic rings. The highest BCUT2D eigenvalue weighted by atomic mass is 19.4. The maximum absolute atomic E-state index is 12.8. The average Bonchev–Trinajstić information content (AvgIpc) is 2.46. The number of nitrogens with one attached hydrogen (secondary N) is 1. The summed E-state index contributed by atoms with van der Waals surface area (Å²) in [5.74, 6) is 0. The standard InChI is InChI=1S/C14H15F6NO2/c1-8(23-12-7-21-2-3-22-12)9-4-10(13(15,16)17)6-11(5-9)14(18,19)20/h4-6,8,12,21H,2-3,7H2,1H3/t8?,12-/m1/s1. The second-order valence-corrected chi connectivity index (χ2v) is 5.12. The Bertz CT molecular complexity index is 505. The lowest BCUT2D eigenvalue weighted by Gasteiger charge is -2.27. The monoisotopic (exact) mass is 343 g/mol. The molecule has 0 saturated carbocycles. The first-order chi connectivity index (χ1) is 10.6. The zero-order chi connectivity index (χ0) is 17.3. The molecule has 1 N–H and O–H groups in total. The van der Waals surface area contributed by atoms with Crippen molar-refractivity contribution < 1.29 is 35.8 Å². The zero-order valence-corrected chi connectivity index (χ0v) is 12.1. The molecule has 0 radical (unpaired) electrons. The van der Waals surface area contributed by atoms with Gasteiger partial charge in [0.1, 0.15) is 0 Å². The maximum Gasteiger partial charge on any atom is 0.416 e. The summed E-state index contributed by atoms with van der Waals surface area (Å²) >= 11 is 0. The van der Waals surface area contributed by atoms with Gasteiger partial charge in [0.15, 0.2) is 6.29 Å². The number of rotatable bonds is 3. The first kappa shape index (κ1) is 18.0. The van der Waals surface area contributed by atoms with E-state index in [0.29, 0.717) is 31.8 Å². The summed E-state index contributed by atoms with van der Waals surface area (Å²) in [6.07, 6.45) is -11.5. The molecule has 0 aliphatic carbocycles. The normalized spacial score (nSPS) is 21.3. The van der Waals surface area contributed by atoms with Crippen LogP contribution in [-0.4, -0.2) is 26.0 Å². The van der Waals surface area contributed by atoms with Crippen LogP contribution in [0.25, 0.3) is 0 Å². The summed E-state index contributed by atoms with van der Waals surface area (Å²) in [4.78, 5) is 0. The Hall–Kier alpha value is -1.32. The van der Waals surface area contributed by atoms with Gasteiger partial charge < -0.3 is 14.8 Å². The SMILES string of the molecule is CC(O[C@@H]1CNCCO1)c1cc(C(F)(F)F)cc(C(F)(F)F)c1. The molecule has 0 bridgehead atoms. The van der Waals surface area contributed by atoms with E-state index in [2.05, 4.69) is 5.32 Å². The summed E-state index contributed by atoms with van der Waals surface area (Å²) < 4.78 is 87.5. The first-order valence-electron chi connectivity index (χ1n) is 6.84. The van der Waals surface area contributed by atoms with E-state index < -0.39 is 35.9 Å². The Morgan fingerprint density at radius 2 is 1.65 bits per heavy atom. The molecule has 1 fully saturated rings. The lowest BCUT2D eigenvalue weighted by atomic mass is 10.0. The van der Waals surface area contributed by atoms with E-state index in [-0.39, 0.29) is 11.6 Å². The predicted octanol–water partition coefficient (Wildman–Crippen LogP) is 3.75. The van der Waals surface area contributed by atoms with E-state index in [0.717, 1.165) is 0 Å². The molecule has 0 aromatic heterocycles. The number of halogens is 6. The van der Waals surface area contributed by atoms with Crippen LogP contribution in [0, 0.1) is 0 Å². The Morgan fingerprint density at radius 3 is 2.09 bits per heavy atom. The highest BCUT2D eigenvalue weighted by Crippen LogP contribution is 2.38. The summed E-state index contributed by atoms with van der Waals surface area (Å²) in [5.41, 5.74) is -2.93. The quantitative estimate of drug-likeness (QED) is 0.848. The number of alkyl halides is 6. The smallest absolute Gasteiger partial charge is 0.350 e. The fourth-order valence-corrected chi connectivity index (χ4v) is 2.15. The van der Waals surface area contributed by atoms with Gasteiger partial charge in [-0.25, -0.2) is 0 Å². The van der Waals surface area contributed by atoms with Crippen molar-refractivity contribution in [3.05, 3.63) is 34.9 Å². The van der Waals surface area contributed by atoms with Gasteiger partial charge in [-0.1, -0.05) is 0 Å². The molecule has 9 heteroatoms.